The van der Waals surface area contributed by atoms with Gasteiger partial charge in [0.15, 0.2) is 0 Å². The highest BCUT2D eigenvalue weighted by atomic mass is 16.6. The van der Waals surface area contributed by atoms with Gasteiger partial charge >= 0.3 is 5.97 Å². The van der Waals surface area contributed by atoms with E-state index in [4.69, 9.17) is 4.74 Å². The summed E-state index contributed by atoms with van der Waals surface area (Å²) in [6, 6.07) is 10.7. The Morgan fingerprint density at radius 2 is 1.85 bits per heavy atom. The minimum atomic E-state index is -0.511. The van der Waals surface area contributed by atoms with Crippen LogP contribution < -0.4 is 0 Å². The van der Waals surface area contributed by atoms with Crippen LogP contribution in [0.3, 0.4) is 0 Å². The van der Waals surface area contributed by atoms with E-state index in [1.54, 1.807) is 0 Å². The summed E-state index contributed by atoms with van der Waals surface area (Å²) in [5, 5.41) is 0. The largest absolute Gasteiger partial charge is 0.454 e. The number of hydrogen-bond acceptors (Lipinski definition) is 4. The molecule has 4 nitrogen and oxygen atoms in total. The van der Waals surface area contributed by atoms with Crippen molar-refractivity contribution >= 4 is 5.97 Å². The summed E-state index contributed by atoms with van der Waals surface area (Å²) in [6.07, 6.45) is 2.46. The van der Waals surface area contributed by atoms with Crippen LogP contribution in [0.2, 0.25) is 0 Å². The first-order valence-electron chi connectivity index (χ1n) is 10.7. The molecule has 0 aliphatic carbocycles. The molecule has 1 aliphatic heterocycles. The van der Waals surface area contributed by atoms with Crippen molar-refractivity contribution < 1.29 is 9.53 Å². The Hall–Kier alpha value is -1.39. The third-order valence-electron chi connectivity index (χ3n) is 6.19. The lowest BCUT2D eigenvalue weighted by Crippen LogP contribution is -2.55. The van der Waals surface area contributed by atoms with Gasteiger partial charge in [0.25, 0.3) is 0 Å². The topological polar surface area (TPSA) is 32.8 Å². The maximum Gasteiger partial charge on any atom is 0.306 e. The number of carbonyl (C=O) groups is 1. The first-order chi connectivity index (χ1) is 13.0. The number of nitrogens with zero attached hydrogens (tertiary/aromatic N) is 2. The molecule has 0 aromatic heterocycles. The van der Waals surface area contributed by atoms with Crippen LogP contribution in [-0.2, 0) is 15.1 Å². The second kappa shape index (κ2) is 10.2. The molecule has 27 heavy (non-hydrogen) atoms. The highest BCUT2D eigenvalue weighted by Gasteiger charge is 2.47. The van der Waals surface area contributed by atoms with Gasteiger partial charge in [-0.25, -0.2) is 0 Å². The summed E-state index contributed by atoms with van der Waals surface area (Å²) < 4.78 is 6.15. The Bertz CT molecular complexity index is 573. The van der Waals surface area contributed by atoms with Gasteiger partial charge in [-0.1, -0.05) is 58.0 Å². The number of ether oxygens (including phenoxy) is 1. The Kier molecular flexibility index (Phi) is 8.30. The smallest absolute Gasteiger partial charge is 0.306 e. The predicted octanol–water partition coefficient (Wildman–Crippen LogP) is 4.30. The number of hydrogen-bond donors (Lipinski definition) is 0. The second-order valence-electron chi connectivity index (χ2n) is 7.91. The molecular weight excluding hydrogens is 336 g/mol. The molecule has 0 saturated carbocycles. The van der Waals surface area contributed by atoms with E-state index in [0.29, 0.717) is 12.5 Å². The summed E-state index contributed by atoms with van der Waals surface area (Å²) >= 11 is 0. The lowest BCUT2D eigenvalue weighted by Gasteiger charge is -2.49. The molecule has 3 atom stereocenters. The van der Waals surface area contributed by atoms with Gasteiger partial charge < -0.3 is 14.5 Å². The van der Waals surface area contributed by atoms with Crippen molar-refractivity contribution in [3.63, 3.8) is 0 Å². The van der Waals surface area contributed by atoms with Crippen molar-refractivity contribution in [2.75, 3.05) is 32.7 Å². The van der Waals surface area contributed by atoms with Crippen molar-refractivity contribution in [2.24, 2.45) is 5.92 Å². The number of carbonyl (C=O) groups excluding carboxylic acids is 1. The Morgan fingerprint density at radius 3 is 2.44 bits per heavy atom. The zero-order chi connectivity index (χ0) is 19.9. The molecule has 0 amide bonds. The highest BCUT2D eigenvalue weighted by Crippen LogP contribution is 2.43. The zero-order valence-corrected chi connectivity index (χ0v) is 17.9. The van der Waals surface area contributed by atoms with Gasteiger partial charge in [0.1, 0.15) is 5.60 Å². The van der Waals surface area contributed by atoms with Gasteiger partial charge in [-0.2, -0.15) is 0 Å². The van der Waals surface area contributed by atoms with Gasteiger partial charge in [-0.05, 0) is 45.1 Å². The van der Waals surface area contributed by atoms with E-state index < -0.39 is 5.60 Å². The maximum atomic E-state index is 12.3. The fourth-order valence-corrected chi connectivity index (χ4v) is 4.40. The summed E-state index contributed by atoms with van der Waals surface area (Å²) in [5.41, 5.74) is 0.623. The summed E-state index contributed by atoms with van der Waals surface area (Å²) in [5.74, 6) is 0.160. The number of piperidine rings is 1. The minimum Gasteiger partial charge on any atom is -0.454 e. The minimum absolute atomic E-state index is 0.104. The first-order valence-corrected chi connectivity index (χ1v) is 10.7. The second-order valence-corrected chi connectivity index (χ2v) is 7.91. The highest BCUT2D eigenvalue weighted by molar-refractivity contribution is 5.69. The molecule has 1 aliphatic rings. The summed E-state index contributed by atoms with van der Waals surface area (Å²) in [4.78, 5) is 17.3. The van der Waals surface area contributed by atoms with Crippen molar-refractivity contribution in [1.82, 2.24) is 9.80 Å². The van der Waals surface area contributed by atoms with Gasteiger partial charge in [-0.3, -0.25) is 4.79 Å². The van der Waals surface area contributed by atoms with E-state index in [1.165, 1.54) is 6.42 Å². The predicted molar refractivity (Wildman–Crippen MR) is 112 cm³/mol. The van der Waals surface area contributed by atoms with Crippen LogP contribution in [0.25, 0.3) is 0 Å². The van der Waals surface area contributed by atoms with Gasteiger partial charge in [-0.15, -0.1) is 0 Å². The van der Waals surface area contributed by atoms with E-state index >= 15 is 0 Å². The van der Waals surface area contributed by atoms with Crippen molar-refractivity contribution in [3.8, 4) is 0 Å². The molecular formula is C23H38N2O2. The maximum absolute atomic E-state index is 12.3. The molecule has 3 unspecified atom stereocenters. The van der Waals surface area contributed by atoms with Crippen molar-refractivity contribution in [1.29, 1.82) is 0 Å². The quantitative estimate of drug-likeness (QED) is 0.604. The summed E-state index contributed by atoms with van der Waals surface area (Å²) in [6.45, 7) is 16.3. The van der Waals surface area contributed by atoms with Crippen molar-refractivity contribution in [3.05, 3.63) is 35.9 Å². The zero-order valence-electron chi connectivity index (χ0n) is 17.9. The molecule has 0 spiro atoms. The lowest BCUT2D eigenvalue weighted by molar-refractivity contribution is -0.178. The average molecular weight is 375 g/mol. The van der Waals surface area contributed by atoms with Crippen LogP contribution in [0.4, 0.5) is 0 Å². The van der Waals surface area contributed by atoms with Crippen LogP contribution in [0.5, 0.6) is 0 Å². The molecule has 1 saturated heterocycles. The van der Waals surface area contributed by atoms with Gasteiger partial charge in [0.2, 0.25) is 0 Å². The van der Waals surface area contributed by atoms with E-state index in [2.05, 4.69) is 49.6 Å². The molecule has 1 fully saturated rings. The molecule has 1 aromatic carbocycles. The Labute approximate surface area is 165 Å². The molecule has 1 heterocycles. The molecule has 4 heteroatoms. The number of likely N-dealkylation sites (tertiary alicyclic amines) is 1. The lowest BCUT2D eigenvalue weighted by atomic mass is 9.74. The van der Waals surface area contributed by atoms with Gasteiger partial charge in [0, 0.05) is 31.3 Å². The summed E-state index contributed by atoms with van der Waals surface area (Å²) in [7, 11) is 0. The molecule has 0 radical (unpaired) electrons. The normalized spacial score (nSPS) is 26.3. The third kappa shape index (κ3) is 5.32. The van der Waals surface area contributed by atoms with Crippen LogP contribution in [0.1, 0.15) is 59.4 Å². The SMILES string of the molecule is CCC(=O)OC1(c2ccccc2)CC(C)N(CCCN(CC)CC)CC1C. The van der Waals surface area contributed by atoms with E-state index in [1.807, 2.05) is 25.1 Å². The molecule has 152 valence electrons. The number of benzene rings is 1. The molecule has 1 aromatic rings. The van der Waals surface area contributed by atoms with E-state index in [9.17, 15) is 4.79 Å². The van der Waals surface area contributed by atoms with E-state index in [0.717, 1.165) is 44.7 Å². The number of rotatable bonds is 9. The molecule has 0 bridgehead atoms. The fraction of sp³-hybridized carbons (Fsp3) is 0.696. The Morgan fingerprint density at radius 1 is 1.19 bits per heavy atom. The van der Waals surface area contributed by atoms with Crippen molar-refractivity contribution in [2.45, 2.75) is 65.5 Å². The fourth-order valence-electron chi connectivity index (χ4n) is 4.40. The van der Waals surface area contributed by atoms with Crippen LogP contribution >= 0.6 is 0 Å². The van der Waals surface area contributed by atoms with Crippen LogP contribution in [0.15, 0.2) is 30.3 Å². The third-order valence-corrected chi connectivity index (χ3v) is 6.19. The average Bonchev–Trinajstić information content (AvgIpc) is 2.69. The number of esters is 1. The molecule has 2 rings (SSSR count). The Balaban J connectivity index is 2.12. The van der Waals surface area contributed by atoms with E-state index in [-0.39, 0.29) is 11.9 Å². The monoisotopic (exact) mass is 374 g/mol. The van der Waals surface area contributed by atoms with Crippen LogP contribution in [-0.4, -0.2) is 54.5 Å². The van der Waals surface area contributed by atoms with Crippen LogP contribution in [0, 0.1) is 5.92 Å². The standard InChI is InChI=1S/C23H38N2O2/c1-6-22(26)27-23(21-13-10-9-11-14-21)17-20(5)25(18-19(23)4)16-12-15-24(7-2)8-3/h9-11,13-14,19-20H,6-8,12,15-18H2,1-5H3. The van der Waals surface area contributed by atoms with Gasteiger partial charge in [0.05, 0.1) is 0 Å². The molecule has 0 N–H and O–H groups in total. The first kappa shape index (κ1) is 21.9.